The maximum atomic E-state index is 11.8. The first-order chi connectivity index (χ1) is 9.63. The van der Waals surface area contributed by atoms with Gasteiger partial charge in [0.05, 0.1) is 13.0 Å². The van der Waals surface area contributed by atoms with E-state index in [9.17, 15) is 4.79 Å². The average Bonchev–Trinajstić information content (AvgIpc) is 2.46. The predicted octanol–water partition coefficient (Wildman–Crippen LogP) is 4.10. The molecule has 0 saturated carbocycles. The minimum absolute atomic E-state index is 0.363. The van der Waals surface area contributed by atoms with Gasteiger partial charge < -0.3 is 4.74 Å². The zero-order valence-electron chi connectivity index (χ0n) is 11.6. The summed E-state index contributed by atoms with van der Waals surface area (Å²) in [6, 6.07) is 15.5. The van der Waals surface area contributed by atoms with Gasteiger partial charge >= 0.3 is 0 Å². The lowest BCUT2D eigenvalue weighted by molar-refractivity contribution is -0.113. The molecule has 2 rings (SSSR count). The zero-order valence-corrected chi connectivity index (χ0v) is 12.4. The Morgan fingerprint density at radius 1 is 1.15 bits per heavy atom. The Morgan fingerprint density at radius 2 is 1.80 bits per heavy atom. The van der Waals surface area contributed by atoms with Crippen LogP contribution in [0.2, 0.25) is 0 Å². The molecule has 0 heterocycles. The number of benzene rings is 2. The van der Waals surface area contributed by atoms with Gasteiger partial charge in [-0.15, -0.1) is 0 Å². The van der Waals surface area contributed by atoms with Crippen LogP contribution in [-0.2, 0) is 11.2 Å². The second kappa shape index (κ2) is 6.58. The molecule has 0 aliphatic carbocycles. The monoisotopic (exact) mass is 288 g/mol. The SMILES string of the molecule is COc1ccccc1C(Cc1ccccc1C)C(=O)Cl. The third-order valence-corrected chi connectivity index (χ3v) is 3.74. The minimum Gasteiger partial charge on any atom is -0.496 e. The molecule has 2 nitrogen and oxygen atoms in total. The number of carbonyl (C=O) groups excluding carboxylic acids is 1. The normalized spacial score (nSPS) is 11.9. The number of aryl methyl sites for hydroxylation is 1. The van der Waals surface area contributed by atoms with Crippen LogP contribution in [0.4, 0.5) is 0 Å². The van der Waals surface area contributed by atoms with Crippen LogP contribution in [0.3, 0.4) is 0 Å². The molecule has 0 aliphatic rings. The van der Waals surface area contributed by atoms with Gasteiger partial charge in [0, 0.05) is 5.56 Å². The van der Waals surface area contributed by atoms with Crippen LogP contribution >= 0.6 is 11.6 Å². The molecule has 0 aromatic heterocycles. The molecule has 0 aliphatic heterocycles. The van der Waals surface area contributed by atoms with Crippen LogP contribution in [-0.4, -0.2) is 12.4 Å². The highest BCUT2D eigenvalue weighted by atomic mass is 35.5. The molecule has 0 N–H and O–H groups in total. The highest BCUT2D eigenvalue weighted by Crippen LogP contribution is 2.31. The number of halogens is 1. The summed E-state index contributed by atoms with van der Waals surface area (Å²) in [5.74, 6) is 0.300. The first-order valence-corrected chi connectivity index (χ1v) is 6.88. The van der Waals surface area contributed by atoms with E-state index in [1.165, 1.54) is 0 Å². The fraction of sp³-hybridized carbons (Fsp3) is 0.235. The summed E-state index contributed by atoms with van der Waals surface area (Å²) in [6.45, 7) is 2.04. The lowest BCUT2D eigenvalue weighted by Crippen LogP contribution is -2.12. The Morgan fingerprint density at radius 3 is 2.45 bits per heavy atom. The van der Waals surface area contributed by atoms with Gasteiger partial charge in [-0.05, 0) is 42.1 Å². The van der Waals surface area contributed by atoms with Crippen molar-refractivity contribution in [3.63, 3.8) is 0 Å². The molecule has 0 fully saturated rings. The van der Waals surface area contributed by atoms with Gasteiger partial charge in [0.25, 0.3) is 0 Å². The van der Waals surface area contributed by atoms with Gasteiger partial charge in [0.1, 0.15) is 5.75 Å². The molecule has 1 unspecified atom stereocenters. The molecule has 104 valence electrons. The topological polar surface area (TPSA) is 26.3 Å². The maximum absolute atomic E-state index is 11.8. The predicted molar refractivity (Wildman–Crippen MR) is 81.5 cm³/mol. The van der Waals surface area contributed by atoms with E-state index in [-0.39, 0.29) is 5.24 Å². The van der Waals surface area contributed by atoms with E-state index >= 15 is 0 Å². The van der Waals surface area contributed by atoms with E-state index < -0.39 is 5.92 Å². The van der Waals surface area contributed by atoms with Crippen LogP contribution in [0.25, 0.3) is 0 Å². The van der Waals surface area contributed by atoms with E-state index in [2.05, 4.69) is 0 Å². The quantitative estimate of drug-likeness (QED) is 0.775. The Bertz CT molecular complexity index is 607. The molecule has 3 heteroatoms. The van der Waals surface area contributed by atoms with Crippen molar-refractivity contribution in [2.75, 3.05) is 7.11 Å². The van der Waals surface area contributed by atoms with Crippen molar-refractivity contribution in [3.8, 4) is 5.75 Å². The third kappa shape index (κ3) is 3.20. The number of methoxy groups -OCH3 is 1. The Hall–Kier alpha value is -1.80. The van der Waals surface area contributed by atoms with Crippen molar-refractivity contribution < 1.29 is 9.53 Å². The van der Waals surface area contributed by atoms with Crippen molar-refractivity contribution >= 4 is 16.8 Å². The zero-order chi connectivity index (χ0) is 14.5. The van der Waals surface area contributed by atoms with Crippen LogP contribution in [0.15, 0.2) is 48.5 Å². The Kier molecular flexibility index (Phi) is 4.80. The van der Waals surface area contributed by atoms with Crippen molar-refractivity contribution in [2.24, 2.45) is 0 Å². The molecule has 2 aromatic rings. The van der Waals surface area contributed by atoms with E-state index in [1.807, 2.05) is 55.5 Å². The summed E-state index contributed by atoms with van der Waals surface area (Å²) in [5, 5.41) is -0.363. The number of hydrogen-bond acceptors (Lipinski definition) is 2. The van der Waals surface area contributed by atoms with Crippen molar-refractivity contribution in [3.05, 3.63) is 65.2 Å². The number of rotatable bonds is 5. The van der Waals surface area contributed by atoms with E-state index in [0.717, 1.165) is 16.7 Å². The fourth-order valence-corrected chi connectivity index (χ4v) is 2.52. The first-order valence-electron chi connectivity index (χ1n) is 6.50. The fourth-order valence-electron chi connectivity index (χ4n) is 2.33. The number of carbonyl (C=O) groups is 1. The van der Waals surface area contributed by atoms with Crippen molar-refractivity contribution in [1.82, 2.24) is 0 Å². The molecule has 20 heavy (non-hydrogen) atoms. The maximum Gasteiger partial charge on any atom is 0.229 e. The van der Waals surface area contributed by atoms with Crippen LogP contribution < -0.4 is 4.74 Å². The van der Waals surface area contributed by atoms with Crippen LogP contribution in [0, 0.1) is 6.92 Å². The summed E-state index contributed by atoms with van der Waals surface area (Å²) in [6.07, 6.45) is 0.579. The van der Waals surface area contributed by atoms with Gasteiger partial charge in [0.2, 0.25) is 5.24 Å². The summed E-state index contributed by atoms with van der Waals surface area (Å²) in [7, 11) is 1.60. The third-order valence-electron chi connectivity index (χ3n) is 3.47. The summed E-state index contributed by atoms with van der Waals surface area (Å²) in [5.41, 5.74) is 3.11. The first kappa shape index (κ1) is 14.6. The average molecular weight is 289 g/mol. The lowest BCUT2D eigenvalue weighted by atomic mass is 9.90. The van der Waals surface area contributed by atoms with Gasteiger partial charge in [-0.1, -0.05) is 42.5 Å². The molecular formula is C17H17ClO2. The van der Waals surface area contributed by atoms with Crippen molar-refractivity contribution in [2.45, 2.75) is 19.3 Å². The molecule has 0 amide bonds. The number of hydrogen-bond donors (Lipinski definition) is 0. The molecule has 0 saturated heterocycles. The smallest absolute Gasteiger partial charge is 0.229 e. The van der Waals surface area contributed by atoms with Gasteiger partial charge in [0.15, 0.2) is 0 Å². The molecular weight excluding hydrogens is 272 g/mol. The lowest BCUT2D eigenvalue weighted by Gasteiger charge is -2.17. The summed E-state index contributed by atoms with van der Waals surface area (Å²) >= 11 is 5.82. The molecule has 1 atom stereocenters. The molecule has 0 spiro atoms. The standard InChI is InChI=1S/C17H17ClO2/c1-12-7-3-4-8-13(12)11-15(17(18)19)14-9-5-6-10-16(14)20-2/h3-10,15H,11H2,1-2H3. The number of ether oxygens (including phenoxy) is 1. The highest BCUT2D eigenvalue weighted by molar-refractivity contribution is 6.64. The van der Waals surface area contributed by atoms with Gasteiger partial charge in [-0.25, -0.2) is 0 Å². The largest absolute Gasteiger partial charge is 0.496 e. The summed E-state index contributed by atoms with van der Waals surface area (Å²) in [4.78, 5) is 11.8. The summed E-state index contributed by atoms with van der Waals surface area (Å²) < 4.78 is 5.33. The second-order valence-electron chi connectivity index (χ2n) is 4.73. The molecule has 0 bridgehead atoms. The van der Waals surface area contributed by atoms with E-state index in [0.29, 0.717) is 12.2 Å². The Balaban J connectivity index is 2.37. The molecule has 2 aromatic carbocycles. The number of para-hydroxylation sites is 1. The van der Waals surface area contributed by atoms with E-state index in [1.54, 1.807) is 7.11 Å². The van der Waals surface area contributed by atoms with Gasteiger partial charge in [-0.3, -0.25) is 4.79 Å². The molecule has 0 radical (unpaired) electrons. The van der Waals surface area contributed by atoms with Gasteiger partial charge in [-0.2, -0.15) is 0 Å². The second-order valence-corrected chi connectivity index (χ2v) is 5.10. The van der Waals surface area contributed by atoms with Crippen LogP contribution in [0.5, 0.6) is 5.75 Å². The Labute approximate surface area is 124 Å². The van der Waals surface area contributed by atoms with E-state index in [4.69, 9.17) is 16.3 Å². The van der Waals surface area contributed by atoms with Crippen LogP contribution in [0.1, 0.15) is 22.6 Å². The minimum atomic E-state index is -0.395. The highest BCUT2D eigenvalue weighted by Gasteiger charge is 2.23. The van der Waals surface area contributed by atoms with Crippen molar-refractivity contribution in [1.29, 1.82) is 0 Å².